The SMILES string of the molecule is COc1ccccc1CN(C)C(=O)COC(=O)c1cccc(C#N)c1. The number of nitrogens with zero attached hydrogens (tertiary/aromatic N) is 2. The van der Waals surface area contributed by atoms with Crippen molar-refractivity contribution in [3.63, 3.8) is 0 Å². The minimum atomic E-state index is -0.642. The number of benzene rings is 2. The van der Waals surface area contributed by atoms with Crippen molar-refractivity contribution < 1.29 is 19.1 Å². The maximum absolute atomic E-state index is 12.2. The predicted octanol–water partition coefficient (Wildman–Crippen LogP) is 2.38. The van der Waals surface area contributed by atoms with Crippen LogP contribution >= 0.6 is 0 Å². The van der Waals surface area contributed by atoms with Crippen LogP contribution in [-0.2, 0) is 16.1 Å². The second kappa shape index (κ2) is 8.50. The minimum Gasteiger partial charge on any atom is -0.496 e. The smallest absolute Gasteiger partial charge is 0.338 e. The van der Waals surface area contributed by atoms with Crippen molar-refractivity contribution in [2.24, 2.45) is 0 Å². The molecule has 0 bridgehead atoms. The highest BCUT2D eigenvalue weighted by Crippen LogP contribution is 2.18. The van der Waals surface area contributed by atoms with Gasteiger partial charge in [-0.1, -0.05) is 24.3 Å². The maximum atomic E-state index is 12.2. The molecule has 0 aromatic heterocycles. The molecule has 0 saturated carbocycles. The van der Waals surface area contributed by atoms with Crippen LogP contribution in [0, 0.1) is 11.3 Å². The highest BCUT2D eigenvalue weighted by Gasteiger charge is 2.15. The summed E-state index contributed by atoms with van der Waals surface area (Å²) in [6.07, 6.45) is 0. The normalized spacial score (nSPS) is 9.80. The van der Waals surface area contributed by atoms with Crippen LogP contribution in [0.4, 0.5) is 0 Å². The van der Waals surface area contributed by atoms with Crippen LogP contribution in [0.5, 0.6) is 5.75 Å². The molecular weight excluding hydrogens is 320 g/mol. The van der Waals surface area contributed by atoms with Gasteiger partial charge < -0.3 is 14.4 Å². The van der Waals surface area contributed by atoms with Crippen LogP contribution in [0.15, 0.2) is 48.5 Å². The zero-order valence-corrected chi connectivity index (χ0v) is 14.1. The molecule has 6 nitrogen and oxygen atoms in total. The average molecular weight is 338 g/mol. The highest BCUT2D eigenvalue weighted by atomic mass is 16.5. The molecule has 2 aromatic carbocycles. The average Bonchev–Trinajstić information content (AvgIpc) is 2.66. The Morgan fingerprint density at radius 1 is 1.16 bits per heavy atom. The predicted molar refractivity (Wildman–Crippen MR) is 90.9 cm³/mol. The summed E-state index contributed by atoms with van der Waals surface area (Å²) in [6, 6.07) is 15.5. The molecule has 0 aliphatic heterocycles. The number of methoxy groups -OCH3 is 1. The summed E-state index contributed by atoms with van der Waals surface area (Å²) >= 11 is 0. The van der Waals surface area contributed by atoms with Gasteiger partial charge in [-0.25, -0.2) is 4.79 Å². The van der Waals surface area contributed by atoms with E-state index in [-0.39, 0.29) is 18.1 Å². The van der Waals surface area contributed by atoms with Gasteiger partial charge in [-0.2, -0.15) is 5.26 Å². The number of hydrogen-bond acceptors (Lipinski definition) is 5. The van der Waals surface area contributed by atoms with Crippen LogP contribution < -0.4 is 4.74 Å². The number of amides is 1. The van der Waals surface area contributed by atoms with Crippen molar-refractivity contribution >= 4 is 11.9 Å². The lowest BCUT2D eigenvalue weighted by Crippen LogP contribution is -2.31. The number of hydrogen-bond donors (Lipinski definition) is 0. The Kier molecular flexibility index (Phi) is 6.13. The lowest BCUT2D eigenvalue weighted by Gasteiger charge is -2.18. The van der Waals surface area contributed by atoms with Crippen LogP contribution in [0.25, 0.3) is 0 Å². The molecule has 0 aliphatic rings. The molecule has 0 radical (unpaired) electrons. The number of para-hydroxylation sites is 1. The Bertz CT molecular complexity index is 811. The van der Waals surface area contributed by atoms with E-state index in [4.69, 9.17) is 14.7 Å². The molecule has 0 unspecified atom stereocenters. The number of carbonyl (C=O) groups excluding carboxylic acids is 2. The van der Waals surface area contributed by atoms with E-state index >= 15 is 0 Å². The molecule has 0 spiro atoms. The Morgan fingerprint density at radius 3 is 2.64 bits per heavy atom. The third-order valence-corrected chi connectivity index (χ3v) is 3.58. The number of likely N-dealkylation sites (N-methyl/N-ethyl adjacent to an activating group) is 1. The number of nitriles is 1. The number of rotatable bonds is 6. The molecule has 128 valence electrons. The van der Waals surface area contributed by atoms with Crippen molar-refractivity contribution in [2.75, 3.05) is 20.8 Å². The Morgan fingerprint density at radius 2 is 1.92 bits per heavy atom. The van der Waals surface area contributed by atoms with Crippen LogP contribution in [0.2, 0.25) is 0 Å². The third-order valence-electron chi connectivity index (χ3n) is 3.58. The number of carbonyl (C=O) groups is 2. The molecule has 2 aromatic rings. The van der Waals surface area contributed by atoms with E-state index in [1.165, 1.54) is 17.0 Å². The van der Waals surface area contributed by atoms with Gasteiger partial charge in [-0.15, -0.1) is 0 Å². The first kappa shape index (κ1) is 18.0. The lowest BCUT2D eigenvalue weighted by atomic mass is 10.1. The van der Waals surface area contributed by atoms with Gasteiger partial charge in [0.25, 0.3) is 5.91 Å². The Hall–Kier alpha value is -3.33. The van der Waals surface area contributed by atoms with Gasteiger partial charge >= 0.3 is 5.97 Å². The molecule has 0 aliphatic carbocycles. The summed E-state index contributed by atoms with van der Waals surface area (Å²) in [4.78, 5) is 25.6. The molecule has 2 rings (SSSR count). The summed E-state index contributed by atoms with van der Waals surface area (Å²) in [5.74, 6) is -0.292. The first-order valence-corrected chi connectivity index (χ1v) is 7.58. The standard InChI is InChI=1S/C19H18N2O4/c1-21(12-16-7-3-4-9-17(16)24-2)18(22)13-25-19(23)15-8-5-6-14(10-15)11-20/h3-10H,12-13H2,1-2H3. The molecule has 1 amide bonds. The first-order chi connectivity index (χ1) is 12.0. The molecule has 0 fully saturated rings. The summed E-state index contributed by atoms with van der Waals surface area (Å²) < 4.78 is 10.3. The zero-order chi connectivity index (χ0) is 18.2. The third kappa shape index (κ3) is 4.82. The van der Waals surface area contributed by atoms with Gasteiger partial charge in [0.2, 0.25) is 0 Å². The van der Waals surface area contributed by atoms with Crippen LogP contribution in [0.1, 0.15) is 21.5 Å². The fraction of sp³-hybridized carbons (Fsp3) is 0.211. The second-order valence-electron chi connectivity index (χ2n) is 5.33. The van der Waals surface area contributed by atoms with Crippen molar-refractivity contribution in [1.29, 1.82) is 5.26 Å². The molecule has 6 heteroatoms. The molecule has 0 N–H and O–H groups in total. The van der Waals surface area contributed by atoms with Gasteiger partial charge in [-0.3, -0.25) is 4.79 Å². The van der Waals surface area contributed by atoms with Crippen LogP contribution in [-0.4, -0.2) is 37.5 Å². The largest absolute Gasteiger partial charge is 0.496 e. The van der Waals surface area contributed by atoms with Crippen LogP contribution in [0.3, 0.4) is 0 Å². The summed E-state index contributed by atoms with van der Waals surface area (Å²) in [7, 11) is 3.19. The molecule has 0 heterocycles. The van der Waals surface area contributed by atoms with Gasteiger partial charge in [0.1, 0.15) is 5.75 Å². The first-order valence-electron chi connectivity index (χ1n) is 7.58. The van der Waals surface area contributed by atoms with Gasteiger partial charge in [0.15, 0.2) is 6.61 Å². The van der Waals surface area contributed by atoms with Gasteiger partial charge in [-0.05, 0) is 24.3 Å². The maximum Gasteiger partial charge on any atom is 0.338 e. The lowest BCUT2D eigenvalue weighted by molar-refractivity contribution is -0.133. The summed E-state index contributed by atoms with van der Waals surface area (Å²) in [5.41, 5.74) is 1.45. The Labute approximate surface area is 146 Å². The van der Waals surface area contributed by atoms with Crippen molar-refractivity contribution in [1.82, 2.24) is 4.90 Å². The van der Waals surface area contributed by atoms with Gasteiger partial charge in [0, 0.05) is 19.2 Å². The second-order valence-corrected chi connectivity index (χ2v) is 5.33. The van der Waals surface area contributed by atoms with E-state index in [0.717, 1.165) is 5.56 Å². The number of ether oxygens (including phenoxy) is 2. The van der Waals surface area contributed by atoms with E-state index in [1.807, 2.05) is 30.3 Å². The summed E-state index contributed by atoms with van der Waals surface area (Å²) in [5, 5.41) is 8.84. The summed E-state index contributed by atoms with van der Waals surface area (Å²) in [6.45, 7) is -0.0361. The van der Waals surface area contributed by atoms with E-state index in [1.54, 1.807) is 26.3 Å². The zero-order valence-electron chi connectivity index (χ0n) is 14.1. The van der Waals surface area contributed by atoms with E-state index in [0.29, 0.717) is 17.9 Å². The molecule has 0 atom stereocenters. The van der Waals surface area contributed by atoms with Gasteiger partial charge in [0.05, 0.1) is 24.3 Å². The quantitative estimate of drug-likeness (QED) is 0.756. The minimum absolute atomic E-state index is 0.235. The Balaban J connectivity index is 1.93. The van der Waals surface area contributed by atoms with E-state index < -0.39 is 5.97 Å². The number of esters is 1. The van der Waals surface area contributed by atoms with Crippen molar-refractivity contribution in [2.45, 2.75) is 6.54 Å². The molecular formula is C19H18N2O4. The van der Waals surface area contributed by atoms with E-state index in [2.05, 4.69) is 0 Å². The topological polar surface area (TPSA) is 79.6 Å². The highest BCUT2D eigenvalue weighted by molar-refractivity contribution is 5.91. The fourth-order valence-corrected chi connectivity index (χ4v) is 2.21. The fourth-order valence-electron chi connectivity index (χ4n) is 2.21. The van der Waals surface area contributed by atoms with E-state index in [9.17, 15) is 9.59 Å². The van der Waals surface area contributed by atoms with Crippen molar-refractivity contribution in [3.8, 4) is 11.8 Å². The monoisotopic (exact) mass is 338 g/mol. The molecule has 25 heavy (non-hydrogen) atoms. The van der Waals surface area contributed by atoms with Crippen molar-refractivity contribution in [3.05, 3.63) is 65.2 Å². The molecule has 0 saturated heterocycles.